The van der Waals surface area contributed by atoms with Crippen molar-refractivity contribution in [1.82, 2.24) is 9.78 Å². The standard InChI is InChI=1S/C8H15N3O2S/c1-5-14(12,13)10-8-6(2)9-11(4)7(8)3/h10H,5H2,1-4H3. The van der Waals surface area contributed by atoms with Crippen LogP contribution in [0.2, 0.25) is 0 Å². The summed E-state index contributed by atoms with van der Waals surface area (Å²) in [4.78, 5) is 0. The number of aromatic nitrogens is 2. The third kappa shape index (κ3) is 2.06. The van der Waals surface area contributed by atoms with Crippen molar-refractivity contribution < 1.29 is 8.42 Å². The van der Waals surface area contributed by atoms with Crippen LogP contribution in [-0.4, -0.2) is 24.0 Å². The van der Waals surface area contributed by atoms with Crippen LogP contribution >= 0.6 is 0 Å². The number of nitrogens with one attached hydrogen (secondary N) is 1. The summed E-state index contributed by atoms with van der Waals surface area (Å²) in [5.74, 6) is 0.0702. The fraction of sp³-hybridized carbons (Fsp3) is 0.625. The fourth-order valence-electron chi connectivity index (χ4n) is 1.15. The van der Waals surface area contributed by atoms with Gasteiger partial charge in [-0.2, -0.15) is 5.10 Å². The van der Waals surface area contributed by atoms with E-state index >= 15 is 0 Å². The smallest absolute Gasteiger partial charge is 0.232 e. The van der Waals surface area contributed by atoms with Gasteiger partial charge in [-0.25, -0.2) is 8.42 Å². The topological polar surface area (TPSA) is 64.0 Å². The lowest BCUT2D eigenvalue weighted by Crippen LogP contribution is -2.15. The van der Waals surface area contributed by atoms with Gasteiger partial charge in [0.05, 0.1) is 22.8 Å². The molecule has 0 saturated heterocycles. The van der Waals surface area contributed by atoms with E-state index in [2.05, 4.69) is 9.82 Å². The maximum Gasteiger partial charge on any atom is 0.232 e. The zero-order chi connectivity index (χ0) is 10.9. The molecule has 0 amide bonds. The Morgan fingerprint density at radius 2 is 2.00 bits per heavy atom. The molecule has 0 unspecified atom stereocenters. The quantitative estimate of drug-likeness (QED) is 0.814. The second-order valence-corrected chi connectivity index (χ2v) is 5.19. The average Bonchev–Trinajstić information content (AvgIpc) is 2.32. The van der Waals surface area contributed by atoms with Gasteiger partial charge in [0.25, 0.3) is 0 Å². The Kier molecular flexibility index (Phi) is 2.84. The van der Waals surface area contributed by atoms with Crippen molar-refractivity contribution >= 4 is 15.7 Å². The highest BCUT2D eigenvalue weighted by atomic mass is 32.2. The van der Waals surface area contributed by atoms with Crippen LogP contribution in [0.15, 0.2) is 0 Å². The molecule has 14 heavy (non-hydrogen) atoms. The minimum absolute atomic E-state index is 0.0702. The van der Waals surface area contributed by atoms with Crippen LogP contribution in [0.3, 0.4) is 0 Å². The van der Waals surface area contributed by atoms with E-state index in [1.807, 2.05) is 6.92 Å². The number of hydrogen-bond donors (Lipinski definition) is 1. The van der Waals surface area contributed by atoms with Gasteiger partial charge in [-0.15, -0.1) is 0 Å². The molecule has 1 N–H and O–H groups in total. The van der Waals surface area contributed by atoms with Crippen LogP contribution in [0.5, 0.6) is 0 Å². The van der Waals surface area contributed by atoms with Gasteiger partial charge in [-0.3, -0.25) is 9.40 Å². The summed E-state index contributed by atoms with van der Waals surface area (Å²) in [6.45, 7) is 5.21. The molecule has 6 heteroatoms. The molecule has 1 aromatic heterocycles. The summed E-state index contributed by atoms with van der Waals surface area (Å²) in [7, 11) is -1.42. The van der Waals surface area contributed by atoms with Gasteiger partial charge in [0, 0.05) is 7.05 Å². The van der Waals surface area contributed by atoms with E-state index in [9.17, 15) is 8.42 Å². The molecular weight excluding hydrogens is 202 g/mol. The molecule has 0 aromatic carbocycles. The van der Waals surface area contributed by atoms with E-state index in [0.29, 0.717) is 11.4 Å². The number of hydrogen-bond acceptors (Lipinski definition) is 3. The van der Waals surface area contributed by atoms with Gasteiger partial charge in [-0.1, -0.05) is 0 Å². The Balaban J connectivity index is 3.09. The first kappa shape index (κ1) is 11.0. The molecule has 1 aromatic rings. The summed E-state index contributed by atoms with van der Waals surface area (Å²) >= 11 is 0. The molecule has 0 radical (unpaired) electrons. The molecule has 0 saturated carbocycles. The Morgan fingerprint density at radius 3 is 2.36 bits per heavy atom. The zero-order valence-corrected chi connectivity index (χ0v) is 9.64. The van der Waals surface area contributed by atoms with Gasteiger partial charge >= 0.3 is 0 Å². The highest BCUT2D eigenvalue weighted by Gasteiger charge is 2.14. The van der Waals surface area contributed by atoms with Crippen LogP contribution in [0.4, 0.5) is 5.69 Å². The van der Waals surface area contributed by atoms with Crippen molar-refractivity contribution in [3.05, 3.63) is 11.4 Å². The van der Waals surface area contributed by atoms with E-state index in [0.717, 1.165) is 5.69 Å². The lowest BCUT2D eigenvalue weighted by Gasteiger charge is -2.05. The summed E-state index contributed by atoms with van der Waals surface area (Å²) in [5, 5.41) is 4.12. The van der Waals surface area contributed by atoms with Crippen molar-refractivity contribution in [2.24, 2.45) is 7.05 Å². The van der Waals surface area contributed by atoms with Crippen molar-refractivity contribution in [2.45, 2.75) is 20.8 Å². The predicted molar refractivity (Wildman–Crippen MR) is 55.8 cm³/mol. The molecule has 0 bridgehead atoms. The molecular formula is C8H15N3O2S. The first-order valence-electron chi connectivity index (χ1n) is 4.38. The summed E-state index contributed by atoms with van der Waals surface area (Å²) in [5.41, 5.74) is 2.11. The van der Waals surface area contributed by atoms with Crippen molar-refractivity contribution in [3.8, 4) is 0 Å². The molecule has 0 spiro atoms. The summed E-state index contributed by atoms with van der Waals surface area (Å²) < 4.78 is 26.8. The van der Waals surface area contributed by atoms with Gasteiger partial charge in [0.1, 0.15) is 0 Å². The lowest BCUT2D eigenvalue weighted by molar-refractivity contribution is 0.602. The molecule has 1 rings (SSSR count). The van der Waals surface area contributed by atoms with Gasteiger partial charge in [0.15, 0.2) is 0 Å². The van der Waals surface area contributed by atoms with Crippen LogP contribution in [0, 0.1) is 13.8 Å². The van der Waals surface area contributed by atoms with E-state index < -0.39 is 10.0 Å². The van der Waals surface area contributed by atoms with E-state index in [1.165, 1.54) is 0 Å². The normalized spacial score (nSPS) is 11.7. The third-order valence-electron chi connectivity index (χ3n) is 2.15. The highest BCUT2D eigenvalue weighted by Crippen LogP contribution is 2.19. The molecule has 0 aliphatic heterocycles. The lowest BCUT2D eigenvalue weighted by atomic mass is 10.3. The van der Waals surface area contributed by atoms with Crippen molar-refractivity contribution in [2.75, 3.05) is 10.5 Å². The van der Waals surface area contributed by atoms with E-state index in [1.54, 1.807) is 25.6 Å². The highest BCUT2D eigenvalue weighted by molar-refractivity contribution is 7.92. The van der Waals surface area contributed by atoms with Crippen LogP contribution in [-0.2, 0) is 17.1 Å². The second-order valence-electron chi connectivity index (χ2n) is 3.17. The summed E-state index contributed by atoms with van der Waals surface area (Å²) in [6.07, 6.45) is 0. The molecule has 0 aliphatic carbocycles. The van der Waals surface area contributed by atoms with Crippen molar-refractivity contribution in [1.29, 1.82) is 0 Å². The van der Waals surface area contributed by atoms with E-state index in [-0.39, 0.29) is 5.75 Å². The van der Waals surface area contributed by atoms with Gasteiger partial charge in [-0.05, 0) is 20.8 Å². The number of rotatable bonds is 3. The van der Waals surface area contributed by atoms with Gasteiger partial charge < -0.3 is 0 Å². The maximum atomic E-state index is 11.3. The second kappa shape index (κ2) is 3.61. The minimum Gasteiger partial charge on any atom is -0.280 e. The summed E-state index contributed by atoms with van der Waals surface area (Å²) in [6, 6.07) is 0. The Hall–Kier alpha value is -1.04. The minimum atomic E-state index is -3.21. The number of nitrogens with zero attached hydrogens (tertiary/aromatic N) is 2. The van der Waals surface area contributed by atoms with Crippen molar-refractivity contribution in [3.63, 3.8) is 0 Å². The Labute approximate surface area is 84.2 Å². The number of sulfonamides is 1. The van der Waals surface area contributed by atoms with Gasteiger partial charge in [0.2, 0.25) is 10.0 Å². The van der Waals surface area contributed by atoms with Crippen LogP contribution in [0.25, 0.3) is 0 Å². The molecule has 5 nitrogen and oxygen atoms in total. The number of anilines is 1. The zero-order valence-electron chi connectivity index (χ0n) is 8.83. The maximum absolute atomic E-state index is 11.3. The fourth-order valence-corrected chi connectivity index (χ4v) is 1.90. The predicted octanol–water partition coefficient (Wildman–Crippen LogP) is 0.799. The first-order chi connectivity index (χ1) is 6.37. The number of aryl methyl sites for hydroxylation is 2. The van der Waals surface area contributed by atoms with E-state index in [4.69, 9.17) is 0 Å². The average molecular weight is 217 g/mol. The first-order valence-corrected chi connectivity index (χ1v) is 6.03. The largest absolute Gasteiger partial charge is 0.280 e. The molecule has 0 aliphatic rings. The van der Waals surface area contributed by atoms with Crippen LogP contribution < -0.4 is 4.72 Å². The Morgan fingerprint density at radius 1 is 1.43 bits per heavy atom. The monoisotopic (exact) mass is 217 g/mol. The molecule has 80 valence electrons. The third-order valence-corrected chi connectivity index (χ3v) is 3.42. The SMILES string of the molecule is CCS(=O)(=O)Nc1c(C)nn(C)c1C. The molecule has 0 fully saturated rings. The Bertz CT molecular complexity index is 434. The molecule has 1 heterocycles. The van der Waals surface area contributed by atoms with Crippen LogP contribution in [0.1, 0.15) is 18.3 Å². The molecule has 0 atom stereocenters.